The predicted molar refractivity (Wildman–Crippen MR) is 54.7 cm³/mol. The van der Waals surface area contributed by atoms with E-state index in [0.717, 1.165) is 5.56 Å². The van der Waals surface area contributed by atoms with Crippen LogP contribution in [0.4, 0.5) is 5.69 Å². The Hall–Kier alpha value is -1.68. The number of nitrogens with zero attached hydrogens (tertiary/aromatic N) is 3. The molecule has 0 aliphatic carbocycles. The van der Waals surface area contributed by atoms with Crippen LogP contribution in [0.25, 0.3) is 11.4 Å². The fraction of sp³-hybridized carbons (Fsp3) is 0. The molecule has 2 aromatic rings. The largest absolute Gasteiger partial charge is 0.399 e. The van der Waals surface area contributed by atoms with E-state index in [0.29, 0.717) is 16.5 Å². The molecule has 0 radical (unpaired) electrons. The zero-order chi connectivity index (χ0) is 9.97. The molecule has 0 amide bonds. The zero-order valence-corrected chi connectivity index (χ0v) is 7.94. The molecule has 1 aromatic carbocycles. The van der Waals surface area contributed by atoms with Crippen LogP contribution in [0, 0.1) is 0 Å². The second-order valence-corrected chi connectivity index (χ2v) is 3.11. The molecule has 0 aliphatic rings. The minimum absolute atomic E-state index is 0.498. The molecule has 2 N–H and O–H groups in total. The maximum atomic E-state index is 5.98. The van der Waals surface area contributed by atoms with E-state index in [2.05, 4.69) is 15.2 Å². The third-order valence-electron chi connectivity index (χ3n) is 1.72. The van der Waals surface area contributed by atoms with Crippen molar-refractivity contribution >= 4 is 17.3 Å². The highest BCUT2D eigenvalue weighted by Gasteiger charge is 2.05. The lowest BCUT2D eigenvalue weighted by atomic mass is 10.2. The molecular weight excluding hydrogens is 200 g/mol. The third-order valence-corrected chi connectivity index (χ3v) is 2.03. The zero-order valence-electron chi connectivity index (χ0n) is 7.18. The summed E-state index contributed by atoms with van der Waals surface area (Å²) in [6.45, 7) is 0. The van der Waals surface area contributed by atoms with Gasteiger partial charge >= 0.3 is 0 Å². The molecule has 0 spiro atoms. The Balaban J connectivity index is 2.53. The monoisotopic (exact) mass is 206 g/mol. The molecule has 1 heterocycles. The molecular formula is C9H7ClN4. The summed E-state index contributed by atoms with van der Waals surface area (Å²) in [6, 6.07) is 5.18. The van der Waals surface area contributed by atoms with Gasteiger partial charge in [-0.2, -0.15) is 5.10 Å². The van der Waals surface area contributed by atoms with Crippen molar-refractivity contribution in [3.05, 3.63) is 35.6 Å². The molecule has 2 rings (SSSR count). The van der Waals surface area contributed by atoms with Gasteiger partial charge in [-0.15, -0.1) is 5.10 Å². The lowest BCUT2D eigenvalue weighted by Gasteiger charge is -2.01. The molecule has 0 atom stereocenters. The van der Waals surface area contributed by atoms with E-state index in [9.17, 15) is 0 Å². The molecule has 0 bridgehead atoms. The summed E-state index contributed by atoms with van der Waals surface area (Å²) in [4.78, 5) is 4.04. The number of anilines is 1. The lowest BCUT2D eigenvalue weighted by molar-refractivity contribution is 0.980. The van der Waals surface area contributed by atoms with Crippen molar-refractivity contribution in [1.29, 1.82) is 0 Å². The summed E-state index contributed by atoms with van der Waals surface area (Å²) in [5, 5.41) is 8.10. The second-order valence-electron chi connectivity index (χ2n) is 2.71. The standard InChI is InChI=1S/C9H7ClN4/c10-8-5-6(11)1-2-7(8)9-12-3-4-13-14-9/h1-5H,11H2. The van der Waals surface area contributed by atoms with Crippen LogP contribution in [-0.2, 0) is 0 Å². The number of hydrogen-bond acceptors (Lipinski definition) is 4. The van der Waals surface area contributed by atoms with Gasteiger partial charge in [0, 0.05) is 17.4 Å². The SMILES string of the molecule is Nc1ccc(-c2nccnn2)c(Cl)c1. The van der Waals surface area contributed by atoms with Gasteiger partial charge in [-0.1, -0.05) is 11.6 Å². The topological polar surface area (TPSA) is 64.7 Å². The summed E-state index contributed by atoms with van der Waals surface area (Å²) in [6.07, 6.45) is 3.07. The molecule has 0 aliphatic heterocycles. The van der Waals surface area contributed by atoms with Gasteiger partial charge in [-0.3, -0.25) is 0 Å². The number of nitrogen functional groups attached to an aromatic ring is 1. The predicted octanol–water partition coefficient (Wildman–Crippen LogP) is 1.77. The van der Waals surface area contributed by atoms with Crippen molar-refractivity contribution in [2.45, 2.75) is 0 Å². The van der Waals surface area contributed by atoms with Gasteiger partial charge in [-0.05, 0) is 18.2 Å². The van der Waals surface area contributed by atoms with Crippen molar-refractivity contribution in [3.8, 4) is 11.4 Å². The van der Waals surface area contributed by atoms with E-state index in [-0.39, 0.29) is 0 Å². The van der Waals surface area contributed by atoms with Crippen LogP contribution in [-0.4, -0.2) is 15.2 Å². The summed E-state index contributed by atoms with van der Waals surface area (Å²) >= 11 is 5.98. The van der Waals surface area contributed by atoms with Gasteiger partial charge in [0.05, 0.1) is 11.2 Å². The highest BCUT2D eigenvalue weighted by atomic mass is 35.5. The average Bonchev–Trinajstić information content (AvgIpc) is 2.19. The Labute approximate surface area is 85.8 Å². The molecule has 14 heavy (non-hydrogen) atoms. The molecule has 4 nitrogen and oxygen atoms in total. The van der Waals surface area contributed by atoms with Crippen LogP contribution < -0.4 is 5.73 Å². The number of benzene rings is 1. The Bertz CT molecular complexity index is 444. The first-order valence-corrected chi connectivity index (χ1v) is 4.34. The first-order chi connectivity index (χ1) is 6.77. The second kappa shape index (κ2) is 3.59. The molecule has 1 aromatic heterocycles. The van der Waals surface area contributed by atoms with Crippen LogP contribution in [0.1, 0.15) is 0 Å². The fourth-order valence-corrected chi connectivity index (χ4v) is 1.36. The van der Waals surface area contributed by atoms with Crippen molar-refractivity contribution < 1.29 is 0 Å². The Kier molecular flexibility index (Phi) is 2.28. The Morgan fingerprint density at radius 1 is 1.21 bits per heavy atom. The third kappa shape index (κ3) is 1.65. The molecule has 5 heteroatoms. The van der Waals surface area contributed by atoms with Crippen LogP contribution in [0.15, 0.2) is 30.6 Å². The van der Waals surface area contributed by atoms with Crippen LogP contribution in [0.2, 0.25) is 5.02 Å². The summed E-state index contributed by atoms with van der Waals surface area (Å²) in [5.41, 5.74) is 6.91. The molecule has 0 unspecified atom stereocenters. The first kappa shape index (κ1) is 8.90. The first-order valence-electron chi connectivity index (χ1n) is 3.96. The van der Waals surface area contributed by atoms with Gasteiger partial charge < -0.3 is 5.73 Å². The molecule has 0 saturated carbocycles. The number of nitrogens with two attached hydrogens (primary N) is 1. The summed E-state index contributed by atoms with van der Waals surface area (Å²) in [5.74, 6) is 0.498. The molecule has 70 valence electrons. The van der Waals surface area contributed by atoms with Gasteiger partial charge in [-0.25, -0.2) is 4.98 Å². The van der Waals surface area contributed by atoms with E-state index in [1.54, 1.807) is 24.4 Å². The minimum Gasteiger partial charge on any atom is -0.399 e. The highest BCUT2D eigenvalue weighted by Crippen LogP contribution is 2.26. The van der Waals surface area contributed by atoms with Crippen molar-refractivity contribution in [2.24, 2.45) is 0 Å². The van der Waals surface area contributed by atoms with E-state index < -0.39 is 0 Å². The van der Waals surface area contributed by atoms with Crippen LogP contribution >= 0.6 is 11.6 Å². The Morgan fingerprint density at radius 2 is 2.07 bits per heavy atom. The van der Waals surface area contributed by atoms with Crippen LogP contribution in [0.5, 0.6) is 0 Å². The van der Waals surface area contributed by atoms with Gasteiger partial charge in [0.1, 0.15) is 0 Å². The maximum absolute atomic E-state index is 5.98. The van der Waals surface area contributed by atoms with Crippen molar-refractivity contribution in [3.63, 3.8) is 0 Å². The smallest absolute Gasteiger partial charge is 0.183 e. The van der Waals surface area contributed by atoms with Gasteiger partial charge in [0.2, 0.25) is 0 Å². The number of halogens is 1. The van der Waals surface area contributed by atoms with E-state index in [4.69, 9.17) is 17.3 Å². The number of aromatic nitrogens is 3. The van der Waals surface area contributed by atoms with Crippen molar-refractivity contribution in [1.82, 2.24) is 15.2 Å². The fourth-order valence-electron chi connectivity index (χ4n) is 1.08. The van der Waals surface area contributed by atoms with Crippen LogP contribution in [0.3, 0.4) is 0 Å². The quantitative estimate of drug-likeness (QED) is 0.723. The number of rotatable bonds is 1. The van der Waals surface area contributed by atoms with Gasteiger partial charge in [0.15, 0.2) is 5.82 Å². The van der Waals surface area contributed by atoms with E-state index in [1.165, 1.54) is 6.20 Å². The molecule has 0 fully saturated rings. The van der Waals surface area contributed by atoms with Crippen molar-refractivity contribution in [2.75, 3.05) is 5.73 Å². The van der Waals surface area contributed by atoms with Gasteiger partial charge in [0.25, 0.3) is 0 Å². The van der Waals surface area contributed by atoms with E-state index >= 15 is 0 Å². The Morgan fingerprint density at radius 3 is 2.71 bits per heavy atom. The number of hydrogen-bond donors (Lipinski definition) is 1. The maximum Gasteiger partial charge on any atom is 0.183 e. The minimum atomic E-state index is 0.498. The van der Waals surface area contributed by atoms with E-state index in [1.807, 2.05) is 0 Å². The average molecular weight is 207 g/mol. The summed E-state index contributed by atoms with van der Waals surface area (Å²) in [7, 11) is 0. The highest BCUT2D eigenvalue weighted by molar-refractivity contribution is 6.33. The normalized spacial score (nSPS) is 10.1. The molecule has 0 saturated heterocycles. The lowest BCUT2D eigenvalue weighted by Crippen LogP contribution is -1.92. The summed E-state index contributed by atoms with van der Waals surface area (Å²) < 4.78 is 0.